The van der Waals surface area contributed by atoms with E-state index in [1.54, 1.807) is 17.5 Å². The van der Waals surface area contributed by atoms with Crippen LogP contribution in [0, 0.1) is 29.6 Å². The van der Waals surface area contributed by atoms with Gasteiger partial charge in [0, 0.05) is 16.8 Å². The van der Waals surface area contributed by atoms with Crippen molar-refractivity contribution in [3.8, 4) is 6.07 Å². The average Bonchev–Trinajstić information content (AvgIpc) is 3.02. The molecule has 2 aromatic rings. The molecule has 2 heterocycles. The summed E-state index contributed by atoms with van der Waals surface area (Å²) in [7, 11) is 0. The maximum Gasteiger partial charge on any atom is 0.235 e. The van der Waals surface area contributed by atoms with Crippen molar-refractivity contribution >= 4 is 34.0 Å². The molecule has 0 saturated heterocycles. The van der Waals surface area contributed by atoms with Crippen molar-refractivity contribution < 1.29 is 4.79 Å². The summed E-state index contributed by atoms with van der Waals surface area (Å²) in [4.78, 5) is 22.2. The predicted octanol–water partition coefficient (Wildman–Crippen LogP) is 4.99. The molecule has 28 heavy (non-hydrogen) atoms. The number of amides is 1. The first kappa shape index (κ1) is 20.8. The van der Waals surface area contributed by atoms with Crippen LogP contribution in [-0.4, -0.2) is 21.6 Å². The number of carbonyl (C=O) groups is 1. The molecule has 2 aromatic heterocycles. The average molecular weight is 415 g/mol. The van der Waals surface area contributed by atoms with Gasteiger partial charge in [0.1, 0.15) is 11.1 Å². The summed E-state index contributed by atoms with van der Waals surface area (Å²) in [5.74, 6) is 0.714. The molecule has 7 heteroatoms. The zero-order valence-electron chi connectivity index (χ0n) is 16.8. The molecule has 0 aromatic carbocycles. The van der Waals surface area contributed by atoms with Gasteiger partial charge in [-0.25, -0.2) is 9.97 Å². The van der Waals surface area contributed by atoms with Gasteiger partial charge in [-0.05, 0) is 49.1 Å². The monoisotopic (exact) mass is 414 g/mol. The van der Waals surface area contributed by atoms with E-state index in [4.69, 9.17) is 0 Å². The number of anilines is 1. The van der Waals surface area contributed by atoms with Gasteiger partial charge in [-0.2, -0.15) is 5.26 Å². The minimum Gasteiger partial charge on any atom is -0.316 e. The smallest absolute Gasteiger partial charge is 0.235 e. The van der Waals surface area contributed by atoms with E-state index in [0.29, 0.717) is 27.1 Å². The lowest BCUT2D eigenvalue weighted by Crippen LogP contribution is -2.28. The van der Waals surface area contributed by atoms with Crippen molar-refractivity contribution in [2.45, 2.75) is 58.5 Å². The summed E-state index contributed by atoms with van der Waals surface area (Å²) in [5, 5.41) is 13.9. The molecule has 1 atom stereocenters. The highest BCUT2D eigenvalue weighted by atomic mass is 32.2. The molecule has 0 bridgehead atoms. The molecule has 0 fully saturated rings. The lowest BCUT2D eigenvalue weighted by molar-refractivity contribution is -0.113. The fraction of sp³-hybridized carbons (Fsp3) is 0.524. The zero-order valence-corrected chi connectivity index (χ0v) is 18.5. The van der Waals surface area contributed by atoms with Crippen LogP contribution in [0.5, 0.6) is 0 Å². The third-order valence-corrected chi connectivity index (χ3v) is 7.78. The van der Waals surface area contributed by atoms with Gasteiger partial charge in [0.15, 0.2) is 5.16 Å². The van der Waals surface area contributed by atoms with Crippen LogP contribution in [0.1, 0.15) is 55.3 Å². The fourth-order valence-corrected chi connectivity index (χ4v) is 5.51. The lowest BCUT2D eigenvalue weighted by atomic mass is 9.69. The van der Waals surface area contributed by atoms with Crippen LogP contribution >= 0.6 is 23.1 Å². The van der Waals surface area contributed by atoms with Gasteiger partial charge < -0.3 is 5.32 Å². The summed E-state index contributed by atoms with van der Waals surface area (Å²) in [6, 6.07) is 4.15. The number of thioether (sulfide) groups is 1. The van der Waals surface area contributed by atoms with Gasteiger partial charge in [0.2, 0.25) is 5.91 Å². The Labute approximate surface area is 175 Å². The second kappa shape index (κ2) is 8.62. The van der Waals surface area contributed by atoms with Crippen LogP contribution in [0.15, 0.2) is 17.4 Å². The van der Waals surface area contributed by atoms with E-state index in [-0.39, 0.29) is 11.7 Å². The van der Waals surface area contributed by atoms with Gasteiger partial charge in [0.25, 0.3) is 0 Å². The molecule has 3 rings (SSSR count). The molecule has 0 spiro atoms. The maximum atomic E-state index is 12.4. The lowest BCUT2D eigenvalue weighted by Gasteiger charge is -2.36. The zero-order chi connectivity index (χ0) is 20.3. The molecule has 1 N–H and O–H groups in total. The Morgan fingerprint density at radius 1 is 1.50 bits per heavy atom. The first-order chi connectivity index (χ1) is 13.3. The van der Waals surface area contributed by atoms with Crippen molar-refractivity contribution in [2.75, 3.05) is 11.1 Å². The number of nitrogens with one attached hydrogen (secondary N) is 1. The first-order valence-corrected chi connectivity index (χ1v) is 11.4. The highest BCUT2D eigenvalue weighted by Gasteiger charge is 2.34. The minimum atomic E-state index is -0.129. The van der Waals surface area contributed by atoms with Crippen molar-refractivity contribution in [3.05, 3.63) is 34.0 Å². The molecule has 5 nitrogen and oxygen atoms in total. The third-order valence-electron chi connectivity index (χ3n) is 5.75. The Balaban J connectivity index is 1.70. The number of hydrogen-bond acceptors (Lipinski definition) is 6. The number of hydrogen-bond donors (Lipinski definition) is 1. The van der Waals surface area contributed by atoms with Crippen LogP contribution < -0.4 is 5.32 Å². The van der Waals surface area contributed by atoms with Crippen LogP contribution in [0.25, 0.3) is 0 Å². The fourth-order valence-electron chi connectivity index (χ4n) is 3.54. The van der Waals surface area contributed by atoms with Crippen LogP contribution in [0.4, 0.5) is 5.00 Å². The standard InChI is InChI=1S/C21H26N4OS2/c1-5-21(3,4)14-6-7-15-16(11-22)19(28-17(15)10-14)25-18(26)12-27-20-23-9-8-13(2)24-20/h8-9,14H,5-7,10,12H2,1-4H3,(H,25,26)/t14-/m0/s1. The molecule has 0 saturated carbocycles. The van der Waals surface area contributed by atoms with Gasteiger partial charge in [-0.3, -0.25) is 4.79 Å². The highest BCUT2D eigenvalue weighted by Crippen LogP contribution is 2.45. The van der Waals surface area contributed by atoms with E-state index >= 15 is 0 Å². The SMILES string of the molecule is CCC(C)(C)[C@H]1CCc2c(sc(NC(=O)CSc3nccc(C)n3)c2C#N)C1. The summed E-state index contributed by atoms with van der Waals surface area (Å²) in [6.45, 7) is 8.80. The Morgan fingerprint density at radius 3 is 2.96 bits per heavy atom. The molecular weight excluding hydrogens is 388 g/mol. The summed E-state index contributed by atoms with van der Waals surface area (Å²) in [6.07, 6.45) is 5.86. The second-order valence-corrected chi connectivity index (χ2v) is 9.97. The van der Waals surface area contributed by atoms with Crippen molar-refractivity contribution in [3.63, 3.8) is 0 Å². The van der Waals surface area contributed by atoms with E-state index < -0.39 is 0 Å². The number of nitrogens with zero attached hydrogens (tertiary/aromatic N) is 3. The number of carbonyl (C=O) groups excluding carboxylic acids is 1. The Hall–Kier alpha value is -1.91. The van der Waals surface area contributed by atoms with Gasteiger partial charge in [0.05, 0.1) is 11.3 Å². The molecule has 0 aliphatic heterocycles. The van der Waals surface area contributed by atoms with Crippen molar-refractivity contribution in [2.24, 2.45) is 11.3 Å². The number of rotatable bonds is 6. The second-order valence-electron chi connectivity index (χ2n) is 7.92. The van der Waals surface area contributed by atoms with E-state index in [1.807, 2.05) is 13.0 Å². The normalized spacial score (nSPS) is 16.3. The van der Waals surface area contributed by atoms with Crippen LogP contribution in [-0.2, 0) is 17.6 Å². The Bertz CT molecular complexity index is 914. The largest absolute Gasteiger partial charge is 0.316 e. The number of nitriles is 1. The number of fused-ring (bicyclic) bond motifs is 1. The highest BCUT2D eigenvalue weighted by molar-refractivity contribution is 7.99. The van der Waals surface area contributed by atoms with Crippen LogP contribution in [0.3, 0.4) is 0 Å². The number of aryl methyl sites for hydroxylation is 1. The Kier molecular flexibility index (Phi) is 6.41. The summed E-state index contributed by atoms with van der Waals surface area (Å²) >= 11 is 2.88. The summed E-state index contributed by atoms with van der Waals surface area (Å²) in [5.41, 5.74) is 2.96. The van der Waals surface area contributed by atoms with E-state index in [0.717, 1.165) is 36.9 Å². The minimum absolute atomic E-state index is 0.129. The van der Waals surface area contributed by atoms with E-state index in [9.17, 15) is 10.1 Å². The molecule has 1 amide bonds. The van der Waals surface area contributed by atoms with E-state index in [2.05, 4.69) is 42.1 Å². The predicted molar refractivity (Wildman–Crippen MR) is 115 cm³/mol. The maximum absolute atomic E-state index is 12.4. The molecule has 1 aliphatic carbocycles. The van der Waals surface area contributed by atoms with Gasteiger partial charge in [-0.1, -0.05) is 39.0 Å². The van der Waals surface area contributed by atoms with Gasteiger partial charge in [-0.15, -0.1) is 11.3 Å². The van der Waals surface area contributed by atoms with Crippen molar-refractivity contribution in [1.82, 2.24) is 9.97 Å². The molecule has 1 aliphatic rings. The Morgan fingerprint density at radius 2 is 2.29 bits per heavy atom. The van der Waals surface area contributed by atoms with Gasteiger partial charge >= 0.3 is 0 Å². The quantitative estimate of drug-likeness (QED) is 0.532. The number of thiophene rings is 1. The van der Waals surface area contributed by atoms with Crippen molar-refractivity contribution in [1.29, 1.82) is 5.26 Å². The summed E-state index contributed by atoms with van der Waals surface area (Å²) < 4.78 is 0. The topological polar surface area (TPSA) is 78.7 Å². The van der Waals surface area contributed by atoms with E-state index in [1.165, 1.54) is 16.6 Å². The molecular formula is C21H26N4OS2. The first-order valence-electron chi connectivity index (χ1n) is 9.61. The third kappa shape index (κ3) is 4.56. The molecule has 0 radical (unpaired) electrons. The molecule has 0 unspecified atom stereocenters. The van der Waals surface area contributed by atoms with Crippen LogP contribution in [0.2, 0.25) is 0 Å². The molecule has 148 valence electrons. The number of aromatic nitrogens is 2.